The lowest BCUT2D eigenvalue weighted by Gasteiger charge is -2.20. The Morgan fingerprint density at radius 2 is 1.82 bits per heavy atom. The molecule has 3 aromatic rings. The van der Waals surface area contributed by atoms with Crippen molar-refractivity contribution in [3.63, 3.8) is 0 Å². The smallest absolute Gasteiger partial charge is 0.349 e. The average Bonchev–Trinajstić information content (AvgIpc) is 3.58. The lowest BCUT2D eigenvalue weighted by molar-refractivity contribution is -0.137. The molecule has 1 fully saturated rings. The number of halogens is 3. The maximum atomic E-state index is 13.6. The maximum absolute atomic E-state index is 13.6. The highest BCUT2D eigenvalue weighted by molar-refractivity contribution is 7.99. The van der Waals surface area contributed by atoms with Crippen LogP contribution in [0.3, 0.4) is 0 Å². The number of amides is 1. The molecule has 1 aliphatic heterocycles. The standard InChI is InChI=1S/C25H21F3N2O2S/c1-14-11-20(31)23(24(32)29-17-8-9-17)19-13-22(15-5-3-2-4-6-15)33-21-10-7-16(25(26,27)28)12-18(21)30(14)19/h2-7,10-12,17,22H,8-9,13H2,1H3,(H,29,32)/t22-/m1/s1. The predicted octanol–water partition coefficient (Wildman–Crippen LogP) is 5.45. The maximum Gasteiger partial charge on any atom is 0.416 e. The van der Waals surface area contributed by atoms with Gasteiger partial charge in [-0.25, -0.2) is 0 Å². The lowest BCUT2D eigenvalue weighted by Crippen LogP contribution is -2.33. The van der Waals surface area contributed by atoms with E-state index in [0.717, 1.165) is 30.5 Å². The number of hydrogen-bond donors (Lipinski definition) is 1. The molecule has 0 unspecified atom stereocenters. The number of aromatic nitrogens is 1. The van der Waals surface area contributed by atoms with E-state index < -0.39 is 23.1 Å². The van der Waals surface area contributed by atoms with E-state index >= 15 is 0 Å². The number of nitrogens with one attached hydrogen (secondary N) is 1. The van der Waals surface area contributed by atoms with Gasteiger partial charge in [0.1, 0.15) is 5.56 Å². The lowest BCUT2D eigenvalue weighted by atomic mass is 10.0. The van der Waals surface area contributed by atoms with E-state index in [1.165, 1.54) is 23.9 Å². The van der Waals surface area contributed by atoms with Crippen molar-refractivity contribution >= 4 is 17.7 Å². The van der Waals surface area contributed by atoms with Crippen LogP contribution in [0.1, 0.15) is 51.0 Å². The molecule has 2 heterocycles. The summed E-state index contributed by atoms with van der Waals surface area (Å²) in [5, 5.41) is 2.70. The van der Waals surface area contributed by atoms with Gasteiger partial charge in [0.2, 0.25) is 0 Å². The number of nitrogens with zero attached hydrogens (tertiary/aromatic N) is 1. The Balaban J connectivity index is 1.77. The van der Waals surface area contributed by atoms with Crippen LogP contribution >= 0.6 is 11.8 Å². The molecule has 4 nitrogen and oxygen atoms in total. The molecule has 1 aromatic heterocycles. The molecule has 33 heavy (non-hydrogen) atoms. The van der Waals surface area contributed by atoms with E-state index in [4.69, 9.17) is 0 Å². The number of rotatable bonds is 3. The summed E-state index contributed by atoms with van der Waals surface area (Å²) in [5.74, 6) is -0.460. The third-order valence-electron chi connectivity index (χ3n) is 5.98. The molecule has 2 aromatic carbocycles. The summed E-state index contributed by atoms with van der Waals surface area (Å²) >= 11 is 1.45. The van der Waals surface area contributed by atoms with Crippen LogP contribution in [0.4, 0.5) is 13.2 Å². The van der Waals surface area contributed by atoms with E-state index in [1.54, 1.807) is 11.5 Å². The first-order valence-electron chi connectivity index (χ1n) is 10.7. The van der Waals surface area contributed by atoms with Gasteiger partial charge in [-0.15, -0.1) is 11.8 Å². The third kappa shape index (κ3) is 4.19. The zero-order valence-corrected chi connectivity index (χ0v) is 18.6. The largest absolute Gasteiger partial charge is 0.416 e. The Hall–Kier alpha value is -3.00. The first kappa shape index (κ1) is 21.8. The number of hydrogen-bond acceptors (Lipinski definition) is 3. The molecule has 5 rings (SSSR count). The fraction of sp³-hybridized carbons (Fsp3) is 0.280. The highest BCUT2D eigenvalue weighted by atomic mass is 32.2. The average molecular weight is 471 g/mol. The Bertz CT molecular complexity index is 1300. The van der Waals surface area contributed by atoms with Gasteiger partial charge in [0.05, 0.1) is 11.3 Å². The summed E-state index contributed by atoms with van der Waals surface area (Å²) < 4.78 is 42.4. The molecule has 0 bridgehead atoms. The molecule has 0 spiro atoms. The molecule has 1 amide bonds. The van der Waals surface area contributed by atoms with Crippen molar-refractivity contribution in [2.45, 2.75) is 48.5 Å². The van der Waals surface area contributed by atoms with Gasteiger partial charge in [-0.05, 0) is 43.5 Å². The Morgan fingerprint density at radius 3 is 2.48 bits per heavy atom. The number of fused-ring (bicyclic) bond motifs is 3. The topological polar surface area (TPSA) is 51.1 Å². The summed E-state index contributed by atoms with van der Waals surface area (Å²) in [7, 11) is 0. The van der Waals surface area contributed by atoms with Crippen LogP contribution < -0.4 is 10.7 Å². The van der Waals surface area contributed by atoms with Crippen LogP contribution in [0.2, 0.25) is 0 Å². The Labute approximate surface area is 192 Å². The molecule has 1 aliphatic carbocycles. The second-order valence-electron chi connectivity index (χ2n) is 8.46. The molecule has 170 valence electrons. The fourth-order valence-corrected chi connectivity index (χ4v) is 5.50. The fourth-order valence-electron chi connectivity index (χ4n) is 4.24. The van der Waals surface area contributed by atoms with E-state index in [1.807, 2.05) is 30.3 Å². The SMILES string of the molecule is Cc1cc(=O)c(C(=O)NC2CC2)c2n1-c1cc(C(F)(F)F)ccc1S[C@@H](c1ccccc1)C2. The van der Waals surface area contributed by atoms with Gasteiger partial charge in [0, 0.05) is 40.1 Å². The molecule has 1 atom stereocenters. The molecule has 1 saturated carbocycles. The predicted molar refractivity (Wildman–Crippen MR) is 121 cm³/mol. The van der Waals surface area contributed by atoms with E-state index in [2.05, 4.69) is 5.32 Å². The van der Waals surface area contributed by atoms with Crippen LogP contribution in [0, 0.1) is 6.92 Å². The van der Waals surface area contributed by atoms with Gasteiger partial charge in [0.25, 0.3) is 5.91 Å². The third-order valence-corrected chi connectivity index (χ3v) is 7.31. The van der Waals surface area contributed by atoms with Crippen molar-refractivity contribution < 1.29 is 18.0 Å². The van der Waals surface area contributed by atoms with Gasteiger partial charge in [-0.2, -0.15) is 13.2 Å². The minimum Gasteiger partial charge on any atom is -0.349 e. The normalized spacial score (nSPS) is 17.6. The number of thioether (sulfide) groups is 1. The summed E-state index contributed by atoms with van der Waals surface area (Å²) in [4.78, 5) is 26.7. The van der Waals surface area contributed by atoms with Crippen molar-refractivity contribution in [1.29, 1.82) is 0 Å². The van der Waals surface area contributed by atoms with E-state index in [0.29, 0.717) is 28.4 Å². The van der Waals surface area contributed by atoms with Crippen LogP contribution in [0.5, 0.6) is 0 Å². The second-order valence-corrected chi connectivity index (χ2v) is 9.70. The quantitative estimate of drug-likeness (QED) is 0.554. The first-order chi connectivity index (χ1) is 15.7. The molecular weight excluding hydrogens is 449 g/mol. The van der Waals surface area contributed by atoms with Crippen LogP contribution in [-0.2, 0) is 12.6 Å². The van der Waals surface area contributed by atoms with Crippen LogP contribution in [0.15, 0.2) is 64.3 Å². The minimum atomic E-state index is -4.51. The Morgan fingerprint density at radius 1 is 1.09 bits per heavy atom. The molecular formula is C25H21F3N2O2S. The molecule has 1 N–H and O–H groups in total. The van der Waals surface area contributed by atoms with Crippen molar-refractivity contribution in [2.75, 3.05) is 0 Å². The van der Waals surface area contributed by atoms with Crippen molar-refractivity contribution in [2.24, 2.45) is 0 Å². The molecule has 8 heteroatoms. The molecule has 0 radical (unpaired) electrons. The number of carbonyl (C=O) groups is 1. The van der Waals surface area contributed by atoms with Gasteiger partial charge in [-0.1, -0.05) is 30.3 Å². The van der Waals surface area contributed by atoms with Crippen LogP contribution in [0.25, 0.3) is 5.69 Å². The number of alkyl halides is 3. The van der Waals surface area contributed by atoms with Crippen LogP contribution in [-0.4, -0.2) is 16.5 Å². The summed E-state index contributed by atoms with van der Waals surface area (Å²) in [6.07, 6.45) is -2.46. The van der Waals surface area contributed by atoms with Gasteiger partial charge >= 0.3 is 6.18 Å². The summed E-state index contributed by atoms with van der Waals surface area (Å²) in [5.41, 5.74) is 1.08. The Kier molecular flexibility index (Phi) is 5.35. The van der Waals surface area contributed by atoms with Crippen molar-refractivity contribution in [1.82, 2.24) is 9.88 Å². The summed E-state index contributed by atoms with van der Waals surface area (Å²) in [6, 6.07) is 14.7. The number of pyridine rings is 1. The second kappa shape index (κ2) is 8.09. The van der Waals surface area contributed by atoms with Gasteiger partial charge in [-0.3, -0.25) is 9.59 Å². The van der Waals surface area contributed by atoms with Gasteiger partial charge in [0.15, 0.2) is 5.43 Å². The first-order valence-corrected chi connectivity index (χ1v) is 11.6. The van der Waals surface area contributed by atoms with Gasteiger partial charge < -0.3 is 9.88 Å². The van der Waals surface area contributed by atoms with Crippen molar-refractivity contribution in [3.8, 4) is 5.69 Å². The van der Waals surface area contributed by atoms with E-state index in [-0.39, 0.29) is 16.9 Å². The zero-order chi connectivity index (χ0) is 23.3. The number of aryl methyl sites for hydroxylation is 1. The minimum absolute atomic E-state index is 0.0132. The number of carbonyl (C=O) groups excluding carboxylic acids is 1. The monoisotopic (exact) mass is 470 g/mol. The van der Waals surface area contributed by atoms with E-state index in [9.17, 15) is 22.8 Å². The highest BCUT2D eigenvalue weighted by Crippen LogP contribution is 2.45. The molecule has 2 aliphatic rings. The highest BCUT2D eigenvalue weighted by Gasteiger charge is 2.35. The summed E-state index contributed by atoms with van der Waals surface area (Å²) in [6.45, 7) is 1.69. The molecule has 0 saturated heterocycles. The zero-order valence-electron chi connectivity index (χ0n) is 17.8. The van der Waals surface area contributed by atoms with Crippen molar-refractivity contribution in [3.05, 3.63) is 92.9 Å². The number of benzene rings is 2.